The molecule has 4 rings (SSSR count). The first-order valence-corrected chi connectivity index (χ1v) is 12.6. The molecular weight excluding hydrogens is 528 g/mol. The van der Waals surface area contributed by atoms with Crippen molar-refractivity contribution in [1.29, 1.82) is 0 Å². The Morgan fingerprint density at radius 2 is 1.83 bits per heavy atom. The van der Waals surface area contributed by atoms with Crippen molar-refractivity contribution in [2.24, 2.45) is 4.99 Å². The number of thioether (sulfide) groups is 1. The zero-order valence-corrected chi connectivity index (χ0v) is 21.6. The lowest BCUT2D eigenvalue weighted by Crippen LogP contribution is -2.28. The highest BCUT2D eigenvalue weighted by Gasteiger charge is 2.32. The van der Waals surface area contributed by atoms with Gasteiger partial charge in [0.1, 0.15) is 12.4 Å². The van der Waals surface area contributed by atoms with E-state index in [4.69, 9.17) is 9.84 Å². The fourth-order valence-electron chi connectivity index (χ4n) is 3.38. The molecule has 0 unspecified atom stereocenters. The van der Waals surface area contributed by atoms with E-state index in [9.17, 15) is 9.59 Å². The molecule has 1 aliphatic heterocycles. The largest absolute Gasteiger partial charge is 0.488 e. The van der Waals surface area contributed by atoms with Crippen LogP contribution in [0.4, 0.5) is 5.69 Å². The van der Waals surface area contributed by atoms with Crippen LogP contribution in [-0.2, 0) is 11.4 Å². The molecular formula is C27H23BrN2O4S. The van der Waals surface area contributed by atoms with Gasteiger partial charge in [0.2, 0.25) is 0 Å². The van der Waals surface area contributed by atoms with Gasteiger partial charge < -0.3 is 9.84 Å². The number of carbonyl (C=O) groups is 2. The molecule has 1 aliphatic rings. The van der Waals surface area contributed by atoms with E-state index in [0.717, 1.165) is 21.3 Å². The molecule has 0 aliphatic carbocycles. The molecule has 0 saturated carbocycles. The minimum absolute atomic E-state index is 0.116. The number of aliphatic imine (C=N–C) groups is 1. The summed E-state index contributed by atoms with van der Waals surface area (Å²) in [4.78, 5) is 30.8. The molecule has 0 bridgehead atoms. The molecule has 1 saturated heterocycles. The van der Waals surface area contributed by atoms with Crippen LogP contribution in [0.5, 0.6) is 5.75 Å². The molecule has 0 atom stereocenters. The lowest BCUT2D eigenvalue weighted by molar-refractivity contribution is -0.122. The van der Waals surface area contributed by atoms with Gasteiger partial charge in [-0.3, -0.25) is 9.69 Å². The zero-order valence-electron chi connectivity index (χ0n) is 19.2. The average molecular weight is 551 g/mol. The van der Waals surface area contributed by atoms with Gasteiger partial charge in [-0.25, -0.2) is 9.79 Å². The highest BCUT2D eigenvalue weighted by Crippen LogP contribution is 2.35. The Labute approximate surface area is 216 Å². The Bertz CT molecular complexity index is 1320. The monoisotopic (exact) mass is 550 g/mol. The van der Waals surface area contributed by atoms with Gasteiger partial charge in [0.25, 0.3) is 5.91 Å². The van der Waals surface area contributed by atoms with Crippen LogP contribution in [0, 0.1) is 6.92 Å². The van der Waals surface area contributed by atoms with Crippen molar-refractivity contribution in [2.75, 3.05) is 6.54 Å². The summed E-state index contributed by atoms with van der Waals surface area (Å²) in [7, 11) is 0. The van der Waals surface area contributed by atoms with Gasteiger partial charge in [-0.05, 0) is 95.1 Å². The van der Waals surface area contributed by atoms with Crippen LogP contribution in [0.3, 0.4) is 0 Å². The number of hydrogen-bond donors (Lipinski definition) is 1. The van der Waals surface area contributed by atoms with Crippen LogP contribution in [0.25, 0.3) is 6.08 Å². The predicted molar refractivity (Wildman–Crippen MR) is 143 cm³/mol. The van der Waals surface area contributed by atoms with Gasteiger partial charge in [0.15, 0.2) is 5.17 Å². The van der Waals surface area contributed by atoms with Crippen LogP contribution >= 0.6 is 27.7 Å². The predicted octanol–water partition coefficient (Wildman–Crippen LogP) is 6.66. The highest BCUT2D eigenvalue weighted by atomic mass is 79.9. The van der Waals surface area contributed by atoms with E-state index in [0.29, 0.717) is 28.9 Å². The maximum Gasteiger partial charge on any atom is 0.335 e. The van der Waals surface area contributed by atoms with Crippen molar-refractivity contribution < 1.29 is 19.4 Å². The Kier molecular flexibility index (Phi) is 7.73. The summed E-state index contributed by atoms with van der Waals surface area (Å²) >= 11 is 4.87. The average Bonchev–Trinajstić information content (AvgIpc) is 3.13. The summed E-state index contributed by atoms with van der Waals surface area (Å²) in [5.74, 6) is -0.387. The number of hydrogen-bond acceptors (Lipinski definition) is 5. The topological polar surface area (TPSA) is 79.2 Å². The molecule has 0 aromatic heterocycles. The first-order chi connectivity index (χ1) is 16.8. The number of aryl methyl sites for hydroxylation is 1. The van der Waals surface area contributed by atoms with E-state index in [1.165, 1.54) is 29.5 Å². The first kappa shape index (κ1) is 24.8. The molecule has 6 nitrogen and oxygen atoms in total. The van der Waals surface area contributed by atoms with E-state index in [2.05, 4.69) is 40.0 Å². The minimum Gasteiger partial charge on any atom is -0.488 e. The van der Waals surface area contributed by atoms with Crippen LogP contribution in [-0.4, -0.2) is 33.6 Å². The third-order valence-corrected chi connectivity index (χ3v) is 6.94. The molecule has 178 valence electrons. The molecule has 8 heteroatoms. The number of carbonyl (C=O) groups excluding carboxylic acids is 1. The SMILES string of the molecule is CCN1C(=O)/C(=C/c2ccc(OCc3ccc(C)cc3)c(Br)c2)SC1=Nc1ccc(C(=O)O)cc1. The van der Waals surface area contributed by atoms with E-state index in [1.807, 2.05) is 43.3 Å². The number of aromatic carboxylic acids is 1. The third kappa shape index (κ3) is 6.01. The lowest BCUT2D eigenvalue weighted by atomic mass is 10.1. The third-order valence-electron chi connectivity index (χ3n) is 5.31. The van der Waals surface area contributed by atoms with Crippen LogP contribution < -0.4 is 4.74 Å². The second-order valence-corrected chi connectivity index (χ2v) is 9.73. The molecule has 1 N–H and O–H groups in total. The summed E-state index contributed by atoms with van der Waals surface area (Å²) < 4.78 is 6.75. The van der Waals surface area contributed by atoms with Crippen molar-refractivity contribution >= 4 is 56.5 Å². The Hall–Kier alpha value is -3.36. The van der Waals surface area contributed by atoms with Gasteiger partial charge >= 0.3 is 5.97 Å². The van der Waals surface area contributed by atoms with Crippen molar-refractivity contribution in [3.8, 4) is 5.75 Å². The summed E-state index contributed by atoms with van der Waals surface area (Å²) in [5.41, 5.74) is 3.93. The summed E-state index contributed by atoms with van der Waals surface area (Å²) in [6.07, 6.45) is 1.83. The normalized spacial score (nSPS) is 15.7. The Balaban J connectivity index is 1.50. The molecule has 0 spiro atoms. The van der Waals surface area contributed by atoms with E-state index >= 15 is 0 Å². The van der Waals surface area contributed by atoms with Gasteiger partial charge in [0.05, 0.1) is 20.6 Å². The second kappa shape index (κ2) is 10.9. The second-order valence-electron chi connectivity index (χ2n) is 7.87. The van der Waals surface area contributed by atoms with Gasteiger partial charge in [-0.2, -0.15) is 0 Å². The molecule has 3 aromatic rings. The maximum atomic E-state index is 13.0. The van der Waals surface area contributed by atoms with Crippen LogP contribution in [0.2, 0.25) is 0 Å². The van der Waals surface area contributed by atoms with E-state index in [-0.39, 0.29) is 11.5 Å². The first-order valence-electron chi connectivity index (χ1n) is 11.0. The number of halogens is 1. The van der Waals surface area contributed by atoms with Gasteiger partial charge in [0, 0.05) is 6.54 Å². The molecule has 35 heavy (non-hydrogen) atoms. The summed E-state index contributed by atoms with van der Waals surface area (Å²) in [5, 5.41) is 9.63. The van der Waals surface area contributed by atoms with Gasteiger partial charge in [-0.15, -0.1) is 0 Å². The van der Waals surface area contributed by atoms with Gasteiger partial charge in [-0.1, -0.05) is 35.9 Å². The molecule has 1 fully saturated rings. The number of amidine groups is 1. The minimum atomic E-state index is -0.993. The van der Waals surface area contributed by atoms with Crippen LogP contribution in [0.1, 0.15) is 34.0 Å². The number of carboxylic acid groups (broad SMARTS) is 1. The standard InChI is InChI=1S/C27H23BrN2O4S/c1-3-30-25(31)24(35-27(30)29-21-11-9-20(10-12-21)26(32)33)15-19-8-13-23(22(28)14-19)34-16-18-6-4-17(2)5-7-18/h4-15H,3,16H2,1-2H3,(H,32,33)/b24-15-,29-27?. The number of carboxylic acids is 1. The van der Waals surface area contributed by atoms with Crippen LogP contribution in [0.15, 0.2) is 81.1 Å². The number of nitrogens with zero attached hydrogens (tertiary/aromatic N) is 2. The molecule has 0 radical (unpaired) electrons. The van der Waals surface area contributed by atoms with E-state index < -0.39 is 5.97 Å². The summed E-state index contributed by atoms with van der Waals surface area (Å²) in [6, 6.07) is 20.2. The molecule has 1 heterocycles. The zero-order chi connectivity index (χ0) is 24.9. The smallest absolute Gasteiger partial charge is 0.335 e. The van der Waals surface area contributed by atoms with Crippen molar-refractivity contribution in [3.05, 3.63) is 98.4 Å². The van der Waals surface area contributed by atoms with Crippen molar-refractivity contribution in [2.45, 2.75) is 20.5 Å². The van der Waals surface area contributed by atoms with E-state index in [1.54, 1.807) is 17.0 Å². The fraction of sp³-hybridized carbons (Fsp3) is 0.148. The summed E-state index contributed by atoms with van der Waals surface area (Å²) in [6.45, 7) is 4.88. The van der Waals surface area contributed by atoms with Crippen molar-refractivity contribution in [3.63, 3.8) is 0 Å². The quantitative estimate of drug-likeness (QED) is 0.333. The number of likely N-dealkylation sites (N-methyl/N-ethyl adjacent to an activating group) is 1. The fourth-order valence-corrected chi connectivity index (χ4v) is 4.95. The highest BCUT2D eigenvalue weighted by molar-refractivity contribution is 9.10. The maximum absolute atomic E-state index is 13.0. The Morgan fingerprint density at radius 3 is 2.46 bits per heavy atom. The molecule has 3 aromatic carbocycles. The Morgan fingerprint density at radius 1 is 1.11 bits per heavy atom. The molecule has 1 amide bonds. The number of amides is 1. The number of ether oxygens (including phenoxy) is 1. The number of rotatable bonds is 7. The lowest BCUT2D eigenvalue weighted by Gasteiger charge is -2.12. The van der Waals surface area contributed by atoms with Crippen molar-refractivity contribution in [1.82, 2.24) is 4.90 Å². The number of benzene rings is 3.